The molecular formula is C17H22ClNO5. The summed E-state index contributed by atoms with van der Waals surface area (Å²) in [4.78, 5) is 24.7. The van der Waals surface area contributed by atoms with Gasteiger partial charge in [0.15, 0.2) is 0 Å². The largest absolute Gasteiger partial charge is 0.496 e. The predicted octanol–water partition coefficient (Wildman–Crippen LogP) is 2.04. The molecule has 6 nitrogen and oxygen atoms in total. The van der Waals surface area contributed by atoms with Crippen molar-refractivity contribution in [3.8, 4) is 5.75 Å². The average Bonchev–Trinajstić information content (AvgIpc) is 2.57. The molecule has 0 aliphatic carbocycles. The van der Waals surface area contributed by atoms with Crippen LogP contribution in [-0.4, -0.2) is 44.8 Å². The lowest BCUT2D eigenvalue weighted by Crippen LogP contribution is -2.58. The van der Waals surface area contributed by atoms with Crippen molar-refractivity contribution in [2.24, 2.45) is 0 Å². The molecule has 0 unspecified atom stereocenters. The van der Waals surface area contributed by atoms with Crippen LogP contribution in [0.25, 0.3) is 0 Å². The molecule has 1 aliphatic heterocycles. The van der Waals surface area contributed by atoms with Crippen LogP contribution in [0, 0.1) is 6.92 Å². The first kappa shape index (κ1) is 18.5. The van der Waals surface area contributed by atoms with Gasteiger partial charge in [0.2, 0.25) is 5.91 Å². The van der Waals surface area contributed by atoms with E-state index in [4.69, 9.17) is 25.8 Å². The van der Waals surface area contributed by atoms with Crippen LogP contribution in [0.2, 0.25) is 5.02 Å². The maximum Gasteiger partial charge on any atom is 0.331 e. The topological polar surface area (TPSA) is 73.9 Å². The molecule has 24 heavy (non-hydrogen) atoms. The highest BCUT2D eigenvalue weighted by molar-refractivity contribution is 6.31. The Balaban J connectivity index is 2.19. The lowest BCUT2D eigenvalue weighted by molar-refractivity contribution is -0.155. The van der Waals surface area contributed by atoms with Gasteiger partial charge in [-0.15, -0.1) is 0 Å². The third-order valence-electron chi connectivity index (χ3n) is 4.16. The van der Waals surface area contributed by atoms with E-state index in [0.29, 0.717) is 42.4 Å². The van der Waals surface area contributed by atoms with E-state index >= 15 is 0 Å². The Hall–Kier alpha value is -1.79. The molecule has 0 saturated carbocycles. The summed E-state index contributed by atoms with van der Waals surface area (Å²) >= 11 is 6.25. The number of nitrogens with one attached hydrogen (secondary N) is 1. The van der Waals surface area contributed by atoms with Crippen LogP contribution in [0.4, 0.5) is 0 Å². The standard InChI is InChI=1S/C17H22ClNO5/c1-11-8-13(18)12(14(9-11)22-2)10-15(20)19-17(16(21)23-3)4-6-24-7-5-17/h8-9H,4-7,10H2,1-3H3,(H,19,20). The Bertz CT molecular complexity index is 626. The Morgan fingerprint density at radius 1 is 1.29 bits per heavy atom. The lowest BCUT2D eigenvalue weighted by atomic mass is 9.89. The molecule has 0 radical (unpaired) electrons. The highest BCUT2D eigenvalue weighted by Crippen LogP contribution is 2.29. The van der Waals surface area contributed by atoms with Gasteiger partial charge in [-0.05, 0) is 24.6 Å². The first-order chi connectivity index (χ1) is 11.4. The minimum absolute atomic E-state index is 0.0158. The van der Waals surface area contributed by atoms with Crippen LogP contribution in [0.5, 0.6) is 5.75 Å². The van der Waals surface area contributed by atoms with Crippen molar-refractivity contribution in [1.29, 1.82) is 0 Å². The van der Waals surface area contributed by atoms with E-state index in [-0.39, 0.29) is 12.3 Å². The van der Waals surface area contributed by atoms with Crippen LogP contribution in [0.1, 0.15) is 24.0 Å². The van der Waals surface area contributed by atoms with Gasteiger partial charge in [-0.2, -0.15) is 0 Å². The number of esters is 1. The van der Waals surface area contributed by atoms with Crippen molar-refractivity contribution >= 4 is 23.5 Å². The van der Waals surface area contributed by atoms with Gasteiger partial charge in [0.25, 0.3) is 0 Å². The van der Waals surface area contributed by atoms with Crippen molar-refractivity contribution in [1.82, 2.24) is 5.32 Å². The number of ether oxygens (including phenoxy) is 3. The number of carbonyl (C=O) groups is 2. The molecule has 1 aromatic rings. The van der Waals surface area contributed by atoms with Gasteiger partial charge in [0.1, 0.15) is 11.3 Å². The van der Waals surface area contributed by atoms with Crippen molar-refractivity contribution in [3.63, 3.8) is 0 Å². The van der Waals surface area contributed by atoms with Gasteiger partial charge >= 0.3 is 5.97 Å². The molecule has 0 aromatic heterocycles. The maximum absolute atomic E-state index is 12.5. The lowest BCUT2D eigenvalue weighted by Gasteiger charge is -2.35. The second-order valence-corrected chi connectivity index (χ2v) is 6.25. The summed E-state index contributed by atoms with van der Waals surface area (Å²) in [5.41, 5.74) is 0.486. The summed E-state index contributed by atoms with van der Waals surface area (Å²) in [6.45, 7) is 2.68. The van der Waals surface area contributed by atoms with Crippen LogP contribution in [0.3, 0.4) is 0 Å². The van der Waals surface area contributed by atoms with Crippen LogP contribution in [-0.2, 0) is 25.5 Å². The summed E-state index contributed by atoms with van der Waals surface area (Å²) in [6.07, 6.45) is 0.774. The molecule has 1 aromatic carbocycles. The van der Waals surface area contributed by atoms with Gasteiger partial charge in [0.05, 0.1) is 20.6 Å². The van der Waals surface area contributed by atoms with Crippen molar-refractivity contribution in [2.45, 2.75) is 31.7 Å². The van der Waals surface area contributed by atoms with Gasteiger partial charge < -0.3 is 19.5 Å². The molecule has 1 N–H and O–H groups in total. The number of benzene rings is 1. The molecule has 1 amide bonds. The van der Waals surface area contributed by atoms with E-state index in [9.17, 15) is 9.59 Å². The number of carbonyl (C=O) groups excluding carboxylic acids is 2. The number of hydrogen-bond acceptors (Lipinski definition) is 5. The zero-order chi connectivity index (χ0) is 17.7. The first-order valence-electron chi connectivity index (χ1n) is 7.72. The van der Waals surface area contributed by atoms with E-state index in [1.165, 1.54) is 14.2 Å². The third kappa shape index (κ3) is 3.99. The number of hydrogen-bond donors (Lipinski definition) is 1. The molecule has 0 atom stereocenters. The summed E-state index contributed by atoms with van der Waals surface area (Å²) in [7, 11) is 2.84. The van der Waals surface area contributed by atoms with Gasteiger partial charge in [-0.1, -0.05) is 11.6 Å². The van der Waals surface area contributed by atoms with Crippen LogP contribution < -0.4 is 10.1 Å². The summed E-state index contributed by atoms with van der Waals surface area (Å²) < 4.78 is 15.5. The van der Waals surface area contributed by atoms with Crippen LogP contribution >= 0.6 is 11.6 Å². The van der Waals surface area contributed by atoms with Gasteiger partial charge in [0, 0.05) is 36.6 Å². The van der Waals surface area contributed by atoms with E-state index in [1.807, 2.05) is 13.0 Å². The molecule has 1 heterocycles. The fourth-order valence-electron chi connectivity index (χ4n) is 2.86. The van der Waals surface area contributed by atoms with Crippen molar-refractivity contribution in [2.75, 3.05) is 27.4 Å². The van der Waals surface area contributed by atoms with Crippen LogP contribution in [0.15, 0.2) is 12.1 Å². The van der Waals surface area contributed by atoms with E-state index in [1.54, 1.807) is 6.07 Å². The zero-order valence-electron chi connectivity index (χ0n) is 14.1. The zero-order valence-corrected chi connectivity index (χ0v) is 14.9. The molecule has 2 rings (SSSR count). The fourth-order valence-corrected chi connectivity index (χ4v) is 3.19. The molecular weight excluding hydrogens is 334 g/mol. The number of aryl methyl sites for hydroxylation is 1. The summed E-state index contributed by atoms with van der Waals surface area (Å²) in [5, 5.41) is 3.28. The molecule has 132 valence electrons. The van der Waals surface area contributed by atoms with Gasteiger partial charge in [-0.3, -0.25) is 4.79 Å². The Kier molecular flexibility index (Phi) is 6.07. The highest BCUT2D eigenvalue weighted by Gasteiger charge is 2.42. The number of methoxy groups -OCH3 is 2. The smallest absolute Gasteiger partial charge is 0.331 e. The van der Waals surface area contributed by atoms with E-state index < -0.39 is 11.5 Å². The molecule has 0 bridgehead atoms. The molecule has 0 spiro atoms. The SMILES string of the molecule is COC(=O)C1(NC(=O)Cc2c(Cl)cc(C)cc2OC)CCOCC1. The minimum atomic E-state index is -1.05. The number of amides is 1. The molecule has 1 aliphatic rings. The van der Waals surface area contributed by atoms with Crippen molar-refractivity contribution < 1.29 is 23.8 Å². The van der Waals surface area contributed by atoms with Gasteiger partial charge in [-0.25, -0.2) is 4.79 Å². The predicted molar refractivity (Wildman–Crippen MR) is 89.4 cm³/mol. The van der Waals surface area contributed by atoms with E-state index in [0.717, 1.165) is 5.56 Å². The second-order valence-electron chi connectivity index (χ2n) is 5.84. The average molecular weight is 356 g/mol. The Labute approximate surface area is 146 Å². The molecule has 7 heteroatoms. The quantitative estimate of drug-likeness (QED) is 0.818. The summed E-state index contributed by atoms with van der Waals surface area (Å²) in [6, 6.07) is 3.59. The Morgan fingerprint density at radius 2 is 1.96 bits per heavy atom. The fraction of sp³-hybridized carbons (Fsp3) is 0.529. The van der Waals surface area contributed by atoms with Crippen molar-refractivity contribution in [3.05, 3.63) is 28.3 Å². The second kappa shape index (κ2) is 7.85. The van der Waals surface area contributed by atoms with E-state index in [2.05, 4.69) is 5.32 Å². The maximum atomic E-state index is 12.5. The molecule has 1 fully saturated rings. The minimum Gasteiger partial charge on any atom is -0.496 e. The number of halogens is 1. The molecule has 1 saturated heterocycles. The Morgan fingerprint density at radius 3 is 2.54 bits per heavy atom. The summed E-state index contributed by atoms with van der Waals surface area (Å²) in [5.74, 6) is -0.221. The first-order valence-corrected chi connectivity index (χ1v) is 8.10. The monoisotopic (exact) mass is 355 g/mol. The number of rotatable bonds is 5. The highest BCUT2D eigenvalue weighted by atomic mass is 35.5. The third-order valence-corrected chi connectivity index (χ3v) is 4.49. The normalized spacial score (nSPS) is 16.3.